The highest BCUT2D eigenvalue weighted by molar-refractivity contribution is 6.24. The first-order valence-electron chi connectivity index (χ1n) is 6.83. The Bertz CT molecular complexity index is 693. The summed E-state index contributed by atoms with van der Waals surface area (Å²) in [5.41, 5.74) is 0.621. The minimum Gasteiger partial charge on any atom is -0.385 e. The average molecular weight is 284 g/mol. The monoisotopic (exact) mass is 284 g/mol. The van der Waals surface area contributed by atoms with E-state index in [1.165, 1.54) is 4.90 Å². The molecule has 1 atom stereocenters. The summed E-state index contributed by atoms with van der Waals surface area (Å²) in [6, 6.07) is 12.4. The Balaban J connectivity index is 1.99. The summed E-state index contributed by atoms with van der Waals surface area (Å²) in [4.78, 5) is 25.8. The number of nitrogens with one attached hydrogen (secondary N) is 1. The summed E-state index contributed by atoms with van der Waals surface area (Å²) in [5, 5.41) is 4.59. The molecule has 0 bridgehead atoms. The van der Waals surface area contributed by atoms with Gasteiger partial charge in [0.15, 0.2) is 0 Å². The van der Waals surface area contributed by atoms with Crippen molar-refractivity contribution >= 4 is 28.4 Å². The molecular formula is C16H16N2O3. The van der Waals surface area contributed by atoms with E-state index >= 15 is 0 Å². The van der Waals surface area contributed by atoms with Crippen molar-refractivity contribution in [2.45, 2.75) is 12.5 Å². The predicted octanol–water partition coefficient (Wildman–Crippen LogP) is 2.30. The van der Waals surface area contributed by atoms with Crippen LogP contribution < -0.4 is 10.2 Å². The zero-order valence-electron chi connectivity index (χ0n) is 11.7. The number of anilines is 1. The number of amides is 3. The molecule has 5 heteroatoms. The molecule has 108 valence electrons. The van der Waals surface area contributed by atoms with Gasteiger partial charge in [0.25, 0.3) is 5.91 Å². The van der Waals surface area contributed by atoms with Crippen molar-refractivity contribution in [3.8, 4) is 0 Å². The maximum atomic E-state index is 12.5. The van der Waals surface area contributed by atoms with Crippen LogP contribution in [0.15, 0.2) is 42.5 Å². The standard InChI is InChI=1S/C16H16N2O3/c1-21-10-9-13-15(19)18(16(20)17-13)14-8-4-6-11-5-2-3-7-12(11)14/h2-8,13H,9-10H2,1H3,(H,17,20). The molecule has 3 rings (SSSR count). The molecule has 1 unspecified atom stereocenters. The van der Waals surface area contributed by atoms with Gasteiger partial charge in [0.2, 0.25) is 0 Å². The Hall–Kier alpha value is -2.40. The van der Waals surface area contributed by atoms with E-state index in [1.807, 2.05) is 36.4 Å². The number of carbonyl (C=O) groups is 2. The second kappa shape index (κ2) is 5.54. The molecule has 2 aromatic rings. The summed E-state index contributed by atoms with van der Waals surface area (Å²) >= 11 is 0. The minimum absolute atomic E-state index is 0.228. The third kappa shape index (κ3) is 2.36. The van der Waals surface area contributed by atoms with Crippen LogP contribution in [-0.2, 0) is 9.53 Å². The molecule has 1 fully saturated rings. The Morgan fingerprint density at radius 3 is 2.71 bits per heavy atom. The molecule has 1 aliphatic heterocycles. The van der Waals surface area contributed by atoms with Crippen LogP contribution >= 0.6 is 0 Å². The number of rotatable bonds is 4. The highest BCUT2D eigenvalue weighted by Crippen LogP contribution is 2.29. The van der Waals surface area contributed by atoms with Crippen LogP contribution in [0.3, 0.4) is 0 Å². The fraction of sp³-hybridized carbons (Fsp3) is 0.250. The molecule has 5 nitrogen and oxygen atoms in total. The zero-order chi connectivity index (χ0) is 14.8. The lowest BCUT2D eigenvalue weighted by molar-refractivity contribution is -0.118. The van der Waals surface area contributed by atoms with E-state index in [1.54, 1.807) is 13.2 Å². The van der Waals surface area contributed by atoms with Crippen molar-refractivity contribution in [3.05, 3.63) is 42.5 Å². The third-order valence-electron chi connectivity index (χ3n) is 3.64. The van der Waals surface area contributed by atoms with Crippen molar-refractivity contribution in [1.29, 1.82) is 0 Å². The van der Waals surface area contributed by atoms with E-state index in [4.69, 9.17) is 4.74 Å². The number of carbonyl (C=O) groups excluding carboxylic acids is 2. The van der Waals surface area contributed by atoms with Gasteiger partial charge >= 0.3 is 6.03 Å². The molecule has 0 aliphatic carbocycles. The van der Waals surface area contributed by atoms with E-state index in [0.717, 1.165) is 10.8 Å². The summed E-state index contributed by atoms with van der Waals surface area (Å²) in [7, 11) is 1.57. The number of ether oxygens (including phenoxy) is 1. The van der Waals surface area contributed by atoms with Crippen molar-refractivity contribution in [2.75, 3.05) is 18.6 Å². The SMILES string of the molecule is COCCC1NC(=O)N(c2cccc3ccccc23)C1=O. The molecule has 1 N–H and O–H groups in total. The van der Waals surface area contributed by atoms with E-state index < -0.39 is 6.04 Å². The number of hydrogen-bond donors (Lipinski definition) is 1. The summed E-state index contributed by atoms with van der Waals surface area (Å²) < 4.78 is 4.98. The summed E-state index contributed by atoms with van der Waals surface area (Å²) in [6.07, 6.45) is 0.475. The van der Waals surface area contributed by atoms with Gasteiger partial charge in [-0.05, 0) is 11.5 Å². The minimum atomic E-state index is -0.517. The smallest absolute Gasteiger partial charge is 0.329 e. The van der Waals surface area contributed by atoms with E-state index in [-0.39, 0.29) is 11.9 Å². The highest BCUT2D eigenvalue weighted by atomic mass is 16.5. The molecule has 3 amide bonds. The molecule has 1 saturated heterocycles. The maximum absolute atomic E-state index is 12.5. The van der Waals surface area contributed by atoms with Crippen LogP contribution in [0.25, 0.3) is 10.8 Å². The molecular weight excluding hydrogens is 268 g/mol. The largest absolute Gasteiger partial charge is 0.385 e. The number of imide groups is 1. The second-order valence-corrected chi connectivity index (χ2v) is 4.96. The van der Waals surface area contributed by atoms with E-state index in [2.05, 4.69) is 5.32 Å². The quantitative estimate of drug-likeness (QED) is 0.876. The number of methoxy groups -OCH3 is 1. The average Bonchev–Trinajstić information content (AvgIpc) is 2.79. The van der Waals surface area contributed by atoms with Crippen molar-refractivity contribution in [1.82, 2.24) is 5.32 Å². The highest BCUT2D eigenvalue weighted by Gasteiger charge is 2.39. The summed E-state index contributed by atoms with van der Waals surface area (Å²) in [6.45, 7) is 0.431. The predicted molar refractivity (Wildman–Crippen MR) is 80.2 cm³/mol. The third-order valence-corrected chi connectivity index (χ3v) is 3.64. The lowest BCUT2D eigenvalue weighted by atomic mass is 10.1. The lowest BCUT2D eigenvalue weighted by Gasteiger charge is -2.15. The van der Waals surface area contributed by atoms with Gasteiger partial charge in [-0.3, -0.25) is 4.79 Å². The molecule has 21 heavy (non-hydrogen) atoms. The van der Waals surface area contributed by atoms with Gasteiger partial charge in [0.1, 0.15) is 6.04 Å². The van der Waals surface area contributed by atoms with Crippen LogP contribution in [0.1, 0.15) is 6.42 Å². The normalized spacial score (nSPS) is 18.3. The second-order valence-electron chi connectivity index (χ2n) is 4.96. The molecule has 0 saturated carbocycles. The molecule has 1 aliphatic rings. The number of nitrogens with zero attached hydrogens (tertiary/aromatic N) is 1. The van der Waals surface area contributed by atoms with Crippen molar-refractivity contribution in [3.63, 3.8) is 0 Å². The van der Waals surface area contributed by atoms with Gasteiger partial charge in [-0.2, -0.15) is 0 Å². The fourth-order valence-electron chi connectivity index (χ4n) is 2.59. The fourth-order valence-corrected chi connectivity index (χ4v) is 2.59. The van der Waals surface area contributed by atoms with Crippen LogP contribution in [0.4, 0.5) is 10.5 Å². The van der Waals surface area contributed by atoms with Gasteiger partial charge in [-0.25, -0.2) is 9.69 Å². The first-order valence-corrected chi connectivity index (χ1v) is 6.83. The first kappa shape index (κ1) is 13.6. The number of fused-ring (bicyclic) bond motifs is 1. The number of benzene rings is 2. The van der Waals surface area contributed by atoms with Crippen LogP contribution in [0, 0.1) is 0 Å². The van der Waals surface area contributed by atoms with Gasteiger partial charge in [0.05, 0.1) is 5.69 Å². The van der Waals surface area contributed by atoms with E-state index in [0.29, 0.717) is 18.7 Å². The molecule has 0 radical (unpaired) electrons. The Morgan fingerprint density at radius 2 is 1.90 bits per heavy atom. The van der Waals surface area contributed by atoms with Gasteiger partial charge in [0, 0.05) is 25.5 Å². The van der Waals surface area contributed by atoms with Gasteiger partial charge in [-0.15, -0.1) is 0 Å². The molecule has 2 aromatic carbocycles. The Labute approximate surface area is 122 Å². The first-order chi connectivity index (χ1) is 10.2. The molecule has 0 spiro atoms. The van der Waals surface area contributed by atoms with Crippen LogP contribution in [-0.4, -0.2) is 31.7 Å². The van der Waals surface area contributed by atoms with E-state index in [9.17, 15) is 9.59 Å². The summed E-state index contributed by atoms with van der Waals surface area (Å²) in [5.74, 6) is -0.228. The lowest BCUT2D eigenvalue weighted by Crippen LogP contribution is -2.31. The molecule has 1 heterocycles. The van der Waals surface area contributed by atoms with Crippen molar-refractivity contribution < 1.29 is 14.3 Å². The number of hydrogen-bond acceptors (Lipinski definition) is 3. The van der Waals surface area contributed by atoms with Crippen LogP contribution in [0.2, 0.25) is 0 Å². The Morgan fingerprint density at radius 1 is 1.14 bits per heavy atom. The van der Waals surface area contributed by atoms with Crippen molar-refractivity contribution in [2.24, 2.45) is 0 Å². The van der Waals surface area contributed by atoms with Crippen LogP contribution in [0.5, 0.6) is 0 Å². The van der Waals surface area contributed by atoms with Gasteiger partial charge in [-0.1, -0.05) is 36.4 Å². The van der Waals surface area contributed by atoms with Gasteiger partial charge < -0.3 is 10.1 Å². The zero-order valence-corrected chi connectivity index (χ0v) is 11.7. The Kier molecular flexibility index (Phi) is 3.58. The topological polar surface area (TPSA) is 58.6 Å². The maximum Gasteiger partial charge on any atom is 0.329 e. The molecule has 0 aromatic heterocycles. The number of urea groups is 1.